The van der Waals surface area contributed by atoms with E-state index in [1.165, 1.54) is 0 Å². The Bertz CT molecular complexity index is 2220. The van der Waals surface area contributed by atoms with Crippen molar-refractivity contribution in [3.05, 3.63) is 114 Å². The summed E-state index contributed by atoms with van der Waals surface area (Å²) in [5.41, 5.74) is 3.92. The molecule has 0 aliphatic carbocycles. The predicted octanol–water partition coefficient (Wildman–Crippen LogP) is 8.80. The Morgan fingerprint density at radius 1 is 0.701 bits per heavy atom. The fourth-order valence-corrected chi connectivity index (χ4v) is 12.0. The van der Waals surface area contributed by atoms with Crippen LogP contribution < -0.4 is 21.3 Å². The molecule has 5 heterocycles. The highest BCUT2D eigenvalue weighted by Gasteiger charge is 2.52. The molecule has 0 radical (unpaired) electrons. The molecule has 2 unspecified atom stereocenters. The largest absolute Gasteiger partial charge is 0.352 e. The molecule has 4 aliphatic heterocycles. The van der Waals surface area contributed by atoms with Crippen LogP contribution in [0.1, 0.15) is 129 Å². The number of carbonyl (C=O) groups is 4. The van der Waals surface area contributed by atoms with Gasteiger partial charge in [-0.1, -0.05) is 107 Å². The number of para-hydroxylation sites is 1. The van der Waals surface area contributed by atoms with Gasteiger partial charge in [0.05, 0.1) is 28.8 Å². The van der Waals surface area contributed by atoms with Crippen molar-refractivity contribution in [2.45, 2.75) is 159 Å². The van der Waals surface area contributed by atoms with Gasteiger partial charge in [-0.25, -0.2) is 4.68 Å². The van der Waals surface area contributed by atoms with Crippen molar-refractivity contribution in [1.29, 1.82) is 0 Å². The van der Waals surface area contributed by atoms with Crippen LogP contribution in [0.15, 0.2) is 97.1 Å². The summed E-state index contributed by atoms with van der Waals surface area (Å²) in [5.74, 6) is 1.02. The standard InChI is InChI=1S/C28H37N3O2.C26H37N5O2S/c1-3-20(2)27(32)29-23-15-10-16-24-17-18-25(31(24)19-23)28(33)30-26(21-11-6-4-7-12-21)22-13-8-5-9-14-22;1-6-17(2)24(32)27-19-11-10-14-22-30(16-19)23(26(4,5)34-22)25(33)28-21-15-18(3)29-31(21)20-12-8-7-9-13-20/h4-9,11-14,20,23-26H,3,10,15-19H2,1-2H3,(H,29,32)(H,30,33);7-9,12-13,15,17,19,22-23H,6,10-11,14,16H2,1-5H3,(H,27,32)(H,28,33)/t20-,23?,24+,25+;17-,19?,22-,23-/m11/s1. The van der Waals surface area contributed by atoms with E-state index in [1.54, 1.807) is 4.68 Å². The normalized spacial score (nSPS) is 24.7. The van der Waals surface area contributed by atoms with Crippen LogP contribution in [0.4, 0.5) is 5.82 Å². The first-order valence-corrected chi connectivity index (χ1v) is 25.8. The Balaban J connectivity index is 0.000000199. The fraction of sp³-hybridized carbons (Fsp3) is 0.537. The van der Waals surface area contributed by atoms with Crippen LogP contribution in [0.25, 0.3) is 5.69 Å². The van der Waals surface area contributed by atoms with Gasteiger partial charge in [0.1, 0.15) is 11.9 Å². The highest BCUT2D eigenvalue weighted by Crippen LogP contribution is 2.47. The number of aryl methyl sites for hydroxylation is 1. The van der Waals surface area contributed by atoms with Crippen molar-refractivity contribution in [1.82, 2.24) is 35.5 Å². The van der Waals surface area contributed by atoms with Crippen LogP contribution in [0, 0.1) is 18.8 Å². The van der Waals surface area contributed by atoms with Gasteiger partial charge in [0.15, 0.2) is 0 Å². The molecule has 4 aromatic rings. The maximum absolute atomic E-state index is 13.8. The maximum Gasteiger partial charge on any atom is 0.244 e. The van der Waals surface area contributed by atoms with E-state index in [9.17, 15) is 19.2 Å². The summed E-state index contributed by atoms with van der Waals surface area (Å²) in [6, 6.07) is 32.1. The molecule has 0 bridgehead atoms. The summed E-state index contributed by atoms with van der Waals surface area (Å²) in [4.78, 5) is 57.2. The minimum Gasteiger partial charge on any atom is -0.352 e. The van der Waals surface area contributed by atoms with Crippen molar-refractivity contribution in [2.75, 3.05) is 18.4 Å². The topological polar surface area (TPSA) is 141 Å². The molecular weight excluding hydrogens is 857 g/mol. The number of nitrogens with one attached hydrogen (secondary N) is 4. The third-order valence-electron chi connectivity index (χ3n) is 14.4. The zero-order valence-corrected chi connectivity index (χ0v) is 41.6. The summed E-state index contributed by atoms with van der Waals surface area (Å²) in [6.45, 7) is 15.7. The summed E-state index contributed by atoms with van der Waals surface area (Å²) in [7, 11) is 0. The monoisotopic (exact) mass is 931 g/mol. The van der Waals surface area contributed by atoms with Crippen LogP contribution in [0.5, 0.6) is 0 Å². The third kappa shape index (κ3) is 12.4. The summed E-state index contributed by atoms with van der Waals surface area (Å²) in [6.07, 6.45) is 9.79. The van der Waals surface area contributed by atoms with Crippen molar-refractivity contribution < 1.29 is 19.2 Å². The van der Waals surface area contributed by atoms with Gasteiger partial charge in [-0.3, -0.25) is 29.0 Å². The number of rotatable bonds is 13. The Morgan fingerprint density at radius 2 is 1.24 bits per heavy atom. The second-order valence-electron chi connectivity index (χ2n) is 19.8. The highest BCUT2D eigenvalue weighted by atomic mass is 32.2. The second kappa shape index (κ2) is 22.9. The smallest absolute Gasteiger partial charge is 0.244 e. The highest BCUT2D eigenvalue weighted by molar-refractivity contribution is 8.01. The average Bonchev–Trinajstić information content (AvgIpc) is 3.88. The maximum atomic E-state index is 13.8. The number of fused-ring (bicyclic) bond motifs is 2. The molecule has 1 aromatic heterocycles. The summed E-state index contributed by atoms with van der Waals surface area (Å²) >= 11 is 1.88. The van der Waals surface area contributed by atoms with Gasteiger partial charge in [-0.05, 0) is 108 Å². The molecule has 67 heavy (non-hydrogen) atoms. The summed E-state index contributed by atoms with van der Waals surface area (Å²) < 4.78 is 1.54. The van der Waals surface area contributed by atoms with E-state index in [1.807, 2.05) is 119 Å². The van der Waals surface area contributed by atoms with Crippen LogP contribution in [0.3, 0.4) is 0 Å². The molecule has 4 aliphatic rings. The van der Waals surface area contributed by atoms with E-state index in [-0.39, 0.29) is 75.8 Å². The summed E-state index contributed by atoms with van der Waals surface area (Å²) in [5, 5.41) is 17.9. The molecule has 13 heteroatoms. The molecule has 4 fully saturated rings. The van der Waals surface area contributed by atoms with E-state index in [2.05, 4.69) is 74.3 Å². The van der Waals surface area contributed by atoms with Crippen molar-refractivity contribution in [3.63, 3.8) is 0 Å². The molecule has 0 saturated carbocycles. The number of hydrogen-bond acceptors (Lipinski definition) is 8. The molecule has 8 rings (SSSR count). The predicted molar refractivity (Wildman–Crippen MR) is 270 cm³/mol. The Labute approximate surface area is 403 Å². The molecule has 12 nitrogen and oxygen atoms in total. The van der Waals surface area contributed by atoms with Gasteiger partial charge >= 0.3 is 0 Å². The molecule has 8 atom stereocenters. The zero-order chi connectivity index (χ0) is 47.7. The van der Waals surface area contributed by atoms with E-state index >= 15 is 0 Å². The van der Waals surface area contributed by atoms with Crippen molar-refractivity contribution in [3.8, 4) is 5.69 Å². The Hall–Kier alpha value is -4.98. The van der Waals surface area contributed by atoms with Gasteiger partial charge in [-0.2, -0.15) is 5.10 Å². The van der Waals surface area contributed by atoms with Crippen LogP contribution in [0.2, 0.25) is 0 Å². The Morgan fingerprint density at radius 3 is 1.81 bits per heavy atom. The minimum absolute atomic E-state index is 0.00375. The average molecular weight is 931 g/mol. The molecule has 3 aromatic carbocycles. The molecule has 360 valence electrons. The van der Waals surface area contributed by atoms with E-state index in [4.69, 9.17) is 0 Å². The molecule has 0 spiro atoms. The first-order chi connectivity index (χ1) is 32.3. The molecular formula is C54H74N8O4S. The van der Waals surface area contributed by atoms with Crippen molar-refractivity contribution in [2.24, 2.45) is 11.8 Å². The SMILES string of the molecule is CC[C@@H](C)C(=O)NC1CCC[C@H]2CC[C@@H](C(=O)NC(c3ccccc3)c3ccccc3)N2C1.CC[C@@H](C)C(=O)NC1CCC[C@H]2SC(C)(C)[C@@H](C(=O)Nc3cc(C)nn3-c3ccccc3)N2C1. The zero-order valence-electron chi connectivity index (χ0n) is 40.7. The number of hydrogen-bond donors (Lipinski definition) is 4. The van der Waals surface area contributed by atoms with Gasteiger partial charge < -0.3 is 21.3 Å². The van der Waals surface area contributed by atoms with E-state index in [0.717, 1.165) is 93.3 Å². The molecule has 4 saturated heterocycles. The quantitative estimate of drug-likeness (QED) is 0.104. The lowest BCUT2D eigenvalue weighted by Gasteiger charge is -2.33. The van der Waals surface area contributed by atoms with Gasteiger partial charge in [0.2, 0.25) is 23.6 Å². The third-order valence-corrected chi connectivity index (χ3v) is 16.0. The Kier molecular flexibility index (Phi) is 17.0. The fourth-order valence-electron chi connectivity index (χ4n) is 10.3. The van der Waals surface area contributed by atoms with Gasteiger partial charge in [0.25, 0.3) is 0 Å². The lowest BCUT2D eigenvalue weighted by Crippen LogP contribution is -2.54. The number of nitrogens with zero attached hydrogens (tertiary/aromatic N) is 4. The number of benzene rings is 3. The number of amides is 4. The van der Waals surface area contributed by atoms with Crippen LogP contribution in [-0.4, -0.2) is 96.6 Å². The minimum atomic E-state index is -0.303. The molecule has 4 N–H and O–H groups in total. The van der Waals surface area contributed by atoms with Gasteiger partial charge in [0, 0.05) is 53.9 Å². The van der Waals surface area contributed by atoms with Crippen molar-refractivity contribution >= 4 is 41.2 Å². The van der Waals surface area contributed by atoms with Gasteiger partial charge in [-0.15, -0.1) is 11.8 Å². The van der Waals surface area contributed by atoms with Crippen LogP contribution in [-0.2, 0) is 19.2 Å². The van der Waals surface area contributed by atoms with Crippen LogP contribution >= 0.6 is 11.8 Å². The number of carbonyl (C=O) groups excluding carboxylic acids is 4. The number of anilines is 1. The van der Waals surface area contributed by atoms with E-state index < -0.39 is 0 Å². The lowest BCUT2D eigenvalue weighted by atomic mass is 9.98. The first-order valence-electron chi connectivity index (χ1n) is 24.9. The lowest BCUT2D eigenvalue weighted by molar-refractivity contribution is -0.127. The van der Waals surface area contributed by atoms with E-state index in [0.29, 0.717) is 18.4 Å². The second-order valence-corrected chi connectivity index (χ2v) is 21.6. The number of thioether (sulfide) groups is 1. The number of aromatic nitrogens is 2. The first kappa shape index (κ1) is 49.9. The molecule has 4 amide bonds.